The molecule has 0 spiro atoms. The van der Waals surface area contributed by atoms with Crippen molar-refractivity contribution in [3.05, 3.63) is 29.3 Å². The Kier molecular flexibility index (Phi) is 4.42. The number of nitrogen functional groups attached to an aromatic ring is 1. The lowest BCUT2D eigenvalue weighted by Gasteiger charge is -2.00. The lowest BCUT2D eigenvalue weighted by Crippen LogP contribution is -1.90. The van der Waals surface area contributed by atoms with Crippen molar-refractivity contribution in [3.63, 3.8) is 0 Å². The summed E-state index contributed by atoms with van der Waals surface area (Å²) in [4.78, 5) is 8.35. The van der Waals surface area contributed by atoms with Crippen LogP contribution in [0.4, 0.5) is 5.69 Å². The molecule has 0 unspecified atom stereocenters. The minimum atomic E-state index is 0.750. The van der Waals surface area contributed by atoms with E-state index in [0.717, 1.165) is 11.8 Å². The maximum absolute atomic E-state index is 8.35. The number of nitrogens with two attached hydrogens (primary N) is 1. The summed E-state index contributed by atoms with van der Waals surface area (Å²) in [5, 5.41) is 5.40. The topological polar surface area (TPSA) is 66.9 Å². The molecule has 0 aliphatic carbocycles. The van der Waals surface area contributed by atoms with Crippen molar-refractivity contribution in [1.82, 2.24) is 0 Å². The van der Waals surface area contributed by atoms with Gasteiger partial charge < -0.3 is 5.73 Å². The molecule has 1 rings (SSSR count). The van der Waals surface area contributed by atoms with Gasteiger partial charge in [0, 0.05) is 5.69 Å². The van der Waals surface area contributed by atoms with Crippen LogP contribution in [0.5, 0.6) is 0 Å². The summed E-state index contributed by atoms with van der Waals surface area (Å²) < 4.78 is 0. The van der Waals surface area contributed by atoms with E-state index in [1.54, 1.807) is 0 Å². The second-order valence-corrected chi connectivity index (χ2v) is 2.39. The molecule has 0 radical (unpaired) electrons. The lowest BCUT2D eigenvalue weighted by molar-refractivity contribution is 0.563. The molecular weight excluding hydrogens is 152 g/mol. The molecule has 0 atom stereocenters. The molecule has 0 fully saturated rings. The van der Waals surface area contributed by atoms with Crippen LogP contribution in [-0.2, 0) is 4.79 Å². The van der Waals surface area contributed by atoms with Gasteiger partial charge in [0.25, 0.3) is 0 Å². The van der Waals surface area contributed by atoms with Crippen molar-refractivity contribution in [2.45, 2.75) is 13.8 Å². The highest BCUT2D eigenvalue weighted by Crippen LogP contribution is 2.13. The smallest absolute Gasteiger partial charge is 0.231 e. The third kappa shape index (κ3) is 2.99. The molecule has 3 heteroatoms. The molecule has 0 saturated heterocycles. The summed E-state index contributed by atoms with van der Waals surface area (Å²) >= 11 is 0. The van der Waals surface area contributed by atoms with Gasteiger partial charge in [-0.05, 0) is 31.0 Å². The Morgan fingerprint density at radius 3 is 2.25 bits per heavy atom. The Labute approximate surface area is 71.7 Å². The number of nitrogens with one attached hydrogen (secondary N) is 1. The SMILES string of the molecule is Cc1cccc(N)c1C.N=C=O. The number of hydrogen-bond acceptors (Lipinski definition) is 3. The molecule has 0 heterocycles. The molecular formula is C9H12N2O. The maximum Gasteiger partial charge on any atom is 0.231 e. The molecule has 0 amide bonds. The summed E-state index contributed by atoms with van der Waals surface area (Å²) in [6, 6.07) is 5.95. The predicted molar refractivity (Wildman–Crippen MR) is 48.7 cm³/mol. The Balaban J connectivity index is 0.000000354. The number of aryl methyl sites for hydroxylation is 1. The highest BCUT2D eigenvalue weighted by molar-refractivity contribution is 5.49. The zero-order valence-electron chi connectivity index (χ0n) is 7.22. The second kappa shape index (κ2) is 5.10. The standard InChI is InChI=1S/C8H11N.CHNO/c1-6-4-3-5-8(9)7(6)2;2-1-3/h3-5H,9H2,1-2H3;2H. The first kappa shape index (κ1) is 10.4. The number of isocyanates is 1. The monoisotopic (exact) mass is 164 g/mol. The highest BCUT2D eigenvalue weighted by Gasteiger charge is 1.92. The second-order valence-electron chi connectivity index (χ2n) is 2.39. The van der Waals surface area contributed by atoms with E-state index >= 15 is 0 Å². The average molecular weight is 164 g/mol. The number of rotatable bonds is 0. The van der Waals surface area contributed by atoms with Crippen LogP contribution in [0.25, 0.3) is 0 Å². The minimum absolute atomic E-state index is 0.750. The minimum Gasteiger partial charge on any atom is -0.399 e. The molecule has 0 aromatic heterocycles. The fourth-order valence-electron chi connectivity index (χ4n) is 0.774. The Morgan fingerprint density at radius 2 is 1.92 bits per heavy atom. The van der Waals surface area contributed by atoms with Crippen molar-refractivity contribution in [2.75, 3.05) is 5.73 Å². The van der Waals surface area contributed by atoms with Crippen molar-refractivity contribution in [1.29, 1.82) is 5.41 Å². The maximum atomic E-state index is 8.35. The third-order valence-electron chi connectivity index (χ3n) is 1.65. The largest absolute Gasteiger partial charge is 0.399 e. The number of anilines is 1. The van der Waals surface area contributed by atoms with Crippen molar-refractivity contribution < 1.29 is 4.79 Å². The van der Waals surface area contributed by atoms with Crippen LogP contribution >= 0.6 is 0 Å². The molecule has 1 aromatic carbocycles. The summed E-state index contributed by atoms with van der Waals surface area (Å²) in [5.74, 6) is 0. The molecule has 0 bridgehead atoms. The van der Waals surface area contributed by atoms with Crippen LogP contribution < -0.4 is 5.73 Å². The number of carbonyl (C=O) groups excluding carboxylic acids is 1. The normalized spacial score (nSPS) is 7.83. The average Bonchev–Trinajstić information content (AvgIpc) is 2.02. The van der Waals surface area contributed by atoms with Gasteiger partial charge in [-0.25, -0.2) is 10.2 Å². The number of hydrogen-bond donors (Lipinski definition) is 2. The summed E-state index contributed by atoms with van der Waals surface area (Å²) in [5.41, 5.74) is 8.96. The highest BCUT2D eigenvalue weighted by atomic mass is 16.1. The van der Waals surface area contributed by atoms with Crippen LogP contribution in [0.15, 0.2) is 18.2 Å². The van der Waals surface area contributed by atoms with Gasteiger partial charge >= 0.3 is 0 Å². The lowest BCUT2D eigenvalue weighted by atomic mass is 10.1. The van der Waals surface area contributed by atoms with E-state index in [2.05, 4.69) is 13.0 Å². The Bertz CT molecular complexity index is 268. The van der Waals surface area contributed by atoms with E-state index in [9.17, 15) is 0 Å². The first-order chi connectivity index (χ1) is 5.63. The molecule has 0 saturated carbocycles. The van der Waals surface area contributed by atoms with E-state index in [1.807, 2.05) is 19.1 Å². The van der Waals surface area contributed by atoms with Gasteiger partial charge in [0.1, 0.15) is 0 Å². The number of benzene rings is 1. The summed E-state index contributed by atoms with van der Waals surface area (Å²) in [6.07, 6.45) is 0.750. The van der Waals surface area contributed by atoms with Crippen molar-refractivity contribution in [3.8, 4) is 0 Å². The van der Waals surface area contributed by atoms with Gasteiger partial charge in [0.05, 0.1) is 0 Å². The fraction of sp³-hybridized carbons (Fsp3) is 0.222. The van der Waals surface area contributed by atoms with Crippen molar-refractivity contribution in [2.24, 2.45) is 0 Å². The zero-order valence-corrected chi connectivity index (χ0v) is 7.22. The molecule has 3 N–H and O–H groups in total. The van der Waals surface area contributed by atoms with Crippen LogP contribution in [0, 0.1) is 19.3 Å². The first-order valence-corrected chi connectivity index (χ1v) is 3.49. The van der Waals surface area contributed by atoms with E-state index in [4.69, 9.17) is 15.9 Å². The van der Waals surface area contributed by atoms with Crippen LogP contribution in [-0.4, -0.2) is 6.08 Å². The zero-order chi connectivity index (χ0) is 9.56. The van der Waals surface area contributed by atoms with Gasteiger partial charge in [-0.3, -0.25) is 0 Å². The molecule has 1 aromatic rings. The van der Waals surface area contributed by atoms with Crippen LogP contribution in [0.2, 0.25) is 0 Å². The fourth-order valence-corrected chi connectivity index (χ4v) is 0.774. The van der Waals surface area contributed by atoms with Gasteiger partial charge in [-0.1, -0.05) is 12.1 Å². The van der Waals surface area contributed by atoms with Gasteiger partial charge in [0.2, 0.25) is 6.08 Å². The quantitative estimate of drug-likeness (QED) is 0.348. The van der Waals surface area contributed by atoms with E-state index < -0.39 is 0 Å². The molecule has 0 aliphatic rings. The van der Waals surface area contributed by atoms with Gasteiger partial charge in [-0.2, -0.15) is 0 Å². The van der Waals surface area contributed by atoms with Gasteiger partial charge in [-0.15, -0.1) is 0 Å². The van der Waals surface area contributed by atoms with Crippen LogP contribution in [0.1, 0.15) is 11.1 Å². The van der Waals surface area contributed by atoms with Gasteiger partial charge in [0.15, 0.2) is 0 Å². The summed E-state index contributed by atoms with van der Waals surface area (Å²) in [6.45, 7) is 4.09. The molecule has 0 aliphatic heterocycles. The van der Waals surface area contributed by atoms with E-state index in [1.165, 1.54) is 11.1 Å². The molecule has 64 valence electrons. The van der Waals surface area contributed by atoms with Crippen molar-refractivity contribution >= 4 is 11.8 Å². The Hall–Kier alpha value is -1.60. The molecule has 12 heavy (non-hydrogen) atoms. The summed E-state index contributed by atoms with van der Waals surface area (Å²) in [7, 11) is 0. The van der Waals surface area contributed by atoms with E-state index in [-0.39, 0.29) is 0 Å². The van der Waals surface area contributed by atoms with E-state index in [0.29, 0.717) is 0 Å². The van der Waals surface area contributed by atoms with Crippen LogP contribution in [0.3, 0.4) is 0 Å². The Morgan fingerprint density at radius 1 is 1.42 bits per heavy atom. The predicted octanol–water partition coefficient (Wildman–Crippen LogP) is 1.79. The first-order valence-electron chi connectivity index (χ1n) is 3.49. The third-order valence-corrected chi connectivity index (χ3v) is 1.65. The molecule has 3 nitrogen and oxygen atoms in total.